The normalized spacial score (nSPS) is 15.8. The Kier molecular flexibility index (Phi) is 5.47. The summed E-state index contributed by atoms with van der Waals surface area (Å²) in [6.45, 7) is 4.69. The molecule has 1 fully saturated rings. The standard InChI is InChI=1S/C26H25N5O/c27-17-20-5-10-25(28-18-20)29-13-15-30(16-14-29)26(32)22-6-8-24(9-7-22)31-12-11-21-3-1-2-4-23(21)19-31/h1-10,18H,11-16,19H2. The molecule has 0 atom stereocenters. The van der Waals surface area contributed by atoms with E-state index in [0.29, 0.717) is 18.7 Å². The van der Waals surface area contributed by atoms with Crippen molar-refractivity contribution in [1.82, 2.24) is 9.88 Å². The fourth-order valence-corrected chi connectivity index (χ4v) is 4.49. The first-order valence-electron chi connectivity index (χ1n) is 11.0. The summed E-state index contributed by atoms with van der Waals surface area (Å²) in [6.07, 6.45) is 2.64. The number of rotatable bonds is 3. The lowest BCUT2D eigenvalue weighted by Gasteiger charge is -2.35. The highest BCUT2D eigenvalue weighted by Gasteiger charge is 2.23. The number of carbonyl (C=O) groups is 1. The van der Waals surface area contributed by atoms with Gasteiger partial charge in [0.15, 0.2) is 0 Å². The third-order valence-electron chi connectivity index (χ3n) is 6.38. The quantitative estimate of drug-likeness (QED) is 0.645. The van der Waals surface area contributed by atoms with Crippen LogP contribution in [0.3, 0.4) is 0 Å². The molecule has 0 saturated carbocycles. The number of hydrogen-bond acceptors (Lipinski definition) is 5. The van der Waals surface area contributed by atoms with Crippen LogP contribution in [-0.4, -0.2) is 48.5 Å². The highest BCUT2D eigenvalue weighted by molar-refractivity contribution is 5.94. The van der Waals surface area contributed by atoms with E-state index < -0.39 is 0 Å². The molecule has 0 spiro atoms. The van der Waals surface area contributed by atoms with Crippen LogP contribution >= 0.6 is 0 Å². The largest absolute Gasteiger partial charge is 0.367 e. The molecular formula is C26H25N5O. The van der Waals surface area contributed by atoms with Crippen molar-refractivity contribution in [2.45, 2.75) is 13.0 Å². The minimum atomic E-state index is 0.0768. The Morgan fingerprint density at radius 3 is 2.28 bits per heavy atom. The van der Waals surface area contributed by atoms with Gasteiger partial charge < -0.3 is 14.7 Å². The van der Waals surface area contributed by atoms with Gasteiger partial charge in [0.1, 0.15) is 11.9 Å². The van der Waals surface area contributed by atoms with Crippen LogP contribution < -0.4 is 9.80 Å². The smallest absolute Gasteiger partial charge is 0.253 e. The van der Waals surface area contributed by atoms with Crippen LogP contribution in [-0.2, 0) is 13.0 Å². The van der Waals surface area contributed by atoms with Crippen molar-refractivity contribution in [3.8, 4) is 6.07 Å². The summed E-state index contributed by atoms with van der Waals surface area (Å²) in [5.41, 5.74) is 5.27. The molecule has 5 rings (SSSR count). The van der Waals surface area contributed by atoms with Crippen LogP contribution in [0, 0.1) is 11.3 Å². The minimum Gasteiger partial charge on any atom is -0.367 e. The zero-order valence-electron chi connectivity index (χ0n) is 17.9. The van der Waals surface area contributed by atoms with Crippen LogP contribution in [0.15, 0.2) is 66.9 Å². The van der Waals surface area contributed by atoms with Gasteiger partial charge in [0.25, 0.3) is 5.91 Å². The Labute approximate surface area is 188 Å². The lowest BCUT2D eigenvalue weighted by atomic mass is 9.99. The molecular weight excluding hydrogens is 398 g/mol. The Balaban J connectivity index is 1.20. The Morgan fingerprint density at radius 1 is 0.844 bits per heavy atom. The maximum atomic E-state index is 13.0. The lowest BCUT2D eigenvalue weighted by molar-refractivity contribution is 0.0746. The van der Waals surface area contributed by atoms with E-state index in [1.165, 1.54) is 11.1 Å². The molecule has 3 aromatic rings. The molecule has 1 aromatic heterocycles. The number of benzene rings is 2. The number of aromatic nitrogens is 1. The summed E-state index contributed by atoms with van der Waals surface area (Å²) in [6, 6.07) is 22.4. The van der Waals surface area contributed by atoms with E-state index in [0.717, 1.165) is 49.7 Å². The molecule has 6 nitrogen and oxygen atoms in total. The maximum absolute atomic E-state index is 13.0. The first kappa shape index (κ1) is 20.1. The number of piperazine rings is 1. The van der Waals surface area contributed by atoms with E-state index in [4.69, 9.17) is 5.26 Å². The molecule has 32 heavy (non-hydrogen) atoms. The molecule has 2 aliphatic heterocycles. The molecule has 160 valence electrons. The Hall–Kier alpha value is -3.85. The topological polar surface area (TPSA) is 63.5 Å². The molecule has 0 aliphatic carbocycles. The summed E-state index contributed by atoms with van der Waals surface area (Å²) in [5.74, 6) is 0.927. The van der Waals surface area contributed by atoms with Crippen LogP contribution in [0.25, 0.3) is 0 Å². The molecule has 1 saturated heterocycles. The van der Waals surface area contributed by atoms with Crippen molar-refractivity contribution < 1.29 is 4.79 Å². The van der Waals surface area contributed by atoms with Gasteiger partial charge in [-0.15, -0.1) is 0 Å². The first-order valence-corrected chi connectivity index (χ1v) is 11.0. The highest BCUT2D eigenvalue weighted by Crippen LogP contribution is 2.25. The molecule has 3 heterocycles. The number of nitrogens with zero attached hydrogens (tertiary/aromatic N) is 5. The number of hydrogen-bond donors (Lipinski definition) is 0. The average molecular weight is 424 g/mol. The van der Waals surface area contributed by atoms with Crippen LogP contribution in [0.5, 0.6) is 0 Å². The first-order chi connectivity index (χ1) is 15.7. The van der Waals surface area contributed by atoms with E-state index in [1.807, 2.05) is 23.1 Å². The van der Waals surface area contributed by atoms with Gasteiger partial charge in [0, 0.05) is 56.7 Å². The third-order valence-corrected chi connectivity index (χ3v) is 6.38. The van der Waals surface area contributed by atoms with Crippen LogP contribution in [0.1, 0.15) is 27.0 Å². The minimum absolute atomic E-state index is 0.0768. The van der Waals surface area contributed by atoms with Gasteiger partial charge >= 0.3 is 0 Å². The highest BCUT2D eigenvalue weighted by atomic mass is 16.2. The predicted molar refractivity (Wildman–Crippen MR) is 125 cm³/mol. The maximum Gasteiger partial charge on any atom is 0.253 e. The summed E-state index contributed by atoms with van der Waals surface area (Å²) in [4.78, 5) is 23.8. The number of pyridine rings is 1. The molecule has 0 N–H and O–H groups in total. The third kappa shape index (κ3) is 4.02. The Bertz CT molecular complexity index is 1140. The van der Waals surface area contributed by atoms with Crippen LogP contribution in [0.4, 0.5) is 11.5 Å². The second-order valence-corrected chi connectivity index (χ2v) is 8.28. The number of nitriles is 1. The molecule has 1 amide bonds. The molecule has 0 bridgehead atoms. The van der Waals surface area contributed by atoms with E-state index >= 15 is 0 Å². The number of anilines is 2. The molecule has 2 aliphatic rings. The van der Waals surface area contributed by atoms with E-state index in [2.05, 4.69) is 57.3 Å². The van der Waals surface area contributed by atoms with Crippen molar-refractivity contribution in [2.75, 3.05) is 42.5 Å². The Morgan fingerprint density at radius 2 is 1.59 bits per heavy atom. The SMILES string of the molecule is N#Cc1ccc(N2CCN(C(=O)c3ccc(N4CCc5ccccc5C4)cc3)CC2)nc1. The zero-order valence-corrected chi connectivity index (χ0v) is 17.9. The average Bonchev–Trinajstić information content (AvgIpc) is 2.88. The van der Waals surface area contributed by atoms with Crippen molar-refractivity contribution in [1.29, 1.82) is 5.26 Å². The molecule has 6 heteroatoms. The van der Waals surface area contributed by atoms with Crippen molar-refractivity contribution >= 4 is 17.4 Å². The molecule has 0 unspecified atom stereocenters. The van der Waals surface area contributed by atoms with E-state index in [-0.39, 0.29) is 5.91 Å². The second-order valence-electron chi connectivity index (χ2n) is 8.28. The van der Waals surface area contributed by atoms with Crippen molar-refractivity contribution in [2.24, 2.45) is 0 Å². The van der Waals surface area contributed by atoms with E-state index in [1.54, 1.807) is 12.3 Å². The molecule has 0 radical (unpaired) electrons. The van der Waals surface area contributed by atoms with Gasteiger partial charge in [-0.2, -0.15) is 5.26 Å². The second kappa shape index (κ2) is 8.72. The fourth-order valence-electron chi connectivity index (χ4n) is 4.49. The molecule has 2 aromatic carbocycles. The van der Waals surface area contributed by atoms with Crippen LogP contribution in [0.2, 0.25) is 0 Å². The van der Waals surface area contributed by atoms with Gasteiger partial charge in [0.05, 0.1) is 5.56 Å². The van der Waals surface area contributed by atoms with Gasteiger partial charge in [-0.1, -0.05) is 24.3 Å². The number of fused-ring (bicyclic) bond motifs is 1. The number of carbonyl (C=O) groups excluding carboxylic acids is 1. The van der Waals surface area contributed by atoms with Crippen molar-refractivity contribution in [3.63, 3.8) is 0 Å². The lowest BCUT2D eigenvalue weighted by Crippen LogP contribution is -2.49. The summed E-state index contributed by atoms with van der Waals surface area (Å²) in [7, 11) is 0. The monoisotopic (exact) mass is 423 g/mol. The fraction of sp³-hybridized carbons (Fsp3) is 0.269. The van der Waals surface area contributed by atoms with Gasteiger partial charge in [-0.05, 0) is 53.9 Å². The van der Waals surface area contributed by atoms with E-state index in [9.17, 15) is 4.79 Å². The van der Waals surface area contributed by atoms with Gasteiger partial charge in [-0.25, -0.2) is 4.98 Å². The predicted octanol–water partition coefficient (Wildman–Crippen LogP) is 3.48. The zero-order chi connectivity index (χ0) is 21.9. The van der Waals surface area contributed by atoms with Crippen molar-refractivity contribution in [3.05, 3.63) is 89.1 Å². The van der Waals surface area contributed by atoms with Gasteiger partial charge in [-0.3, -0.25) is 4.79 Å². The van der Waals surface area contributed by atoms with Gasteiger partial charge in [0.2, 0.25) is 0 Å². The summed E-state index contributed by atoms with van der Waals surface area (Å²) < 4.78 is 0. The number of amides is 1. The summed E-state index contributed by atoms with van der Waals surface area (Å²) in [5, 5.41) is 8.92. The summed E-state index contributed by atoms with van der Waals surface area (Å²) >= 11 is 0.